The summed E-state index contributed by atoms with van der Waals surface area (Å²) in [6.45, 7) is 3.86. The highest BCUT2D eigenvalue weighted by Crippen LogP contribution is 2.31. The Balaban J connectivity index is 2.71. The molecule has 4 nitrogen and oxygen atoms in total. The number of nitrogens with two attached hydrogens (primary N) is 1. The van der Waals surface area contributed by atoms with Crippen LogP contribution in [0, 0.1) is 12.3 Å². The van der Waals surface area contributed by atoms with E-state index in [0.29, 0.717) is 10.4 Å². The van der Waals surface area contributed by atoms with Gasteiger partial charge in [0.25, 0.3) is 0 Å². The summed E-state index contributed by atoms with van der Waals surface area (Å²) in [5, 5.41) is 12.7. The third-order valence-corrected chi connectivity index (χ3v) is 3.46. The first kappa shape index (κ1) is 11.3. The maximum Gasteiger partial charge on any atom is 0.192 e. The van der Waals surface area contributed by atoms with Gasteiger partial charge in [0, 0.05) is 10.6 Å². The molecule has 0 spiro atoms. The molecule has 1 radical (unpaired) electrons. The molecular formula is C8H13N4S2. The molecule has 0 aliphatic carbocycles. The molecule has 0 saturated heterocycles. The molecule has 0 bridgehead atoms. The number of aromatic nitrogens is 1. The summed E-state index contributed by atoms with van der Waals surface area (Å²) in [6.07, 6.45) is 2.84. The van der Waals surface area contributed by atoms with Gasteiger partial charge >= 0.3 is 0 Å². The fourth-order valence-electron chi connectivity index (χ4n) is 0.993. The van der Waals surface area contributed by atoms with Crippen LogP contribution in [0.25, 0.3) is 0 Å². The normalized spacial score (nSPS) is 12.4. The number of nitrogens with one attached hydrogen (secondary N) is 2. The smallest absolute Gasteiger partial charge is 0.192 e. The van der Waals surface area contributed by atoms with Gasteiger partial charge in [0.15, 0.2) is 11.1 Å². The molecule has 0 amide bonds. The topological polar surface area (TPSA) is 74.8 Å². The van der Waals surface area contributed by atoms with Crippen molar-refractivity contribution in [1.29, 1.82) is 5.41 Å². The Bertz CT molecular complexity index is 306. The van der Waals surface area contributed by atoms with Crippen molar-refractivity contribution < 1.29 is 0 Å². The Morgan fingerprint density at radius 2 is 2.64 bits per heavy atom. The maximum atomic E-state index is 7.05. The molecular weight excluding hydrogens is 216 g/mol. The van der Waals surface area contributed by atoms with Crippen molar-refractivity contribution in [2.24, 2.45) is 5.73 Å². The first-order valence-corrected chi connectivity index (χ1v) is 6.22. The summed E-state index contributed by atoms with van der Waals surface area (Å²) in [5.74, 6) is -0.0822. The Labute approximate surface area is 91.8 Å². The van der Waals surface area contributed by atoms with E-state index in [0.717, 1.165) is 12.1 Å². The van der Waals surface area contributed by atoms with Gasteiger partial charge in [-0.1, -0.05) is 6.92 Å². The summed E-state index contributed by atoms with van der Waals surface area (Å²) < 4.78 is 0. The molecule has 0 aromatic carbocycles. The zero-order chi connectivity index (χ0) is 10.6. The zero-order valence-corrected chi connectivity index (χ0v) is 9.54. The third kappa shape index (κ3) is 2.88. The number of guanidine groups is 1. The van der Waals surface area contributed by atoms with E-state index in [2.05, 4.69) is 17.2 Å². The first-order chi connectivity index (χ1) is 6.67. The predicted octanol–water partition coefficient (Wildman–Crippen LogP) is 2.08. The number of thiazole rings is 1. The maximum absolute atomic E-state index is 7.05. The van der Waals surface area contributed by atoms with Crippen LogP contribution in [0.15, 0.2) is 5.38 Å². The van der Waals surface area contributed by atoms with Crippen LogP contribution in [-0.2, 0) is 0 Å². The largest absolute Gasteiger partial charge is 0.370 e. The lowest BCUT2D eigenvalue weighted by molar-refractivity contribution is 0.932. The molecule has 1 unspecified atom stereocenters. The van der Waals surface area contributed by atoms with Gasteiger partial charge in [0.2, 0.25) is 0 Å². The second kappa shape index (κ2) is 5.21. The van der Waals surface area contributed by atoms with Crippen LogP contribution in [0.5, 0.6) is 0 Å². The summed E-state index contributed by atoms with van der Waals surface area (Å²) in [6, 6.07) is 0. The SMILES string of the molecule is [CH2]CC(SC)c1csc(NC(=N)N)n1. The van der Waals surface area contributed by atoms with Gasteiger partial charge in [0.1, 0.15) is 0 Å². The van der Waals surface area contributed by atoms with E-state index < -0.39 is 0 Å². The van der Waals surface area contributed by atoms with Gasteiger partial charge in [0.05, 0.1) is 5.69 Å². The van der Waals surface area contributed by atoms with Crippen LogP contribution >= 0.6 is 23.1 Å². The number of rotatable bonds is 4. The van der Waals surface area contributed by atoms with Gasteiger partial charge in [-0.3, -0.25) is 5.41 Å². The third-order valence-electron chi connectivity index (χ3n) is 1.64. The Hall–Kier alpha value is -0.750. The van der Waals surface area contributed by atoms with Crippen molar-refractivity contribution in [3.8, 4) is 0 Å². The van der Waals surface area contributed by atoms with E-state index in [1.807, 2.05) is 11.6 Å². The number of hydrogen-bond acceptors (Lipinski definition) is 4. The standard InChI is InChI=1S/C8H13N4S2/c1-3-6(13-2)5-4-14-8(11-5)12-7(9)10/h4,6H,1,3H2,2H3,(H4,9,10,11,12). The van der Waals surface area contributed by atoms with Crippen molar-refractivity contribution in [1.82, 2.24) is 4.98 Å². The van der Waals surface area contributed by atoms with Crippen molar-refractivity contribution >= 4 is 34.2 Å². The van der Waals surface area contributed by atoms with Crippen molar-refractivity contribution in [2.75, 3.05) is 11.6 Å². The predicted molar refractivity (Wildman–Crippen MR) is 63.9 cm³/mol. The Morgan fingerprint density at radius 3 is 3.14 bits per heavy atom. The Morgan fingerprint density at radius 1 is 1.93 bits per heavy atom. The second-order valence-corrected chi connectivity index (χ2v) is 4.53. The molecule has 1 atom stereocenters. The molecule has 1 heterocycles. The summed E-state index contributed by atoms with van der Waals surface area (Å²) in [7, 11) is 0. The second-order valence-electron chi connectivity index (χ2n) is 2.63. The van der Waals surface area contributed by atoms with Gasteiger partial charge < -0.3 is 11.1 Å². The van der Waals surface area contributed by atoms with Crippen LogP contribution in [-0.4, -0.2) is 17.2 Å². The molecule has 0 aliphatic heterocycles. The van der Waals surface area contributed by atoms with Crippen LogP contribution in [0.4, 0.5) is 5.13 Å². The van der Waals surface area contributed by atoms with Crippen LogP contribution < -0.4 is 11.1 Å². The van der Waals surface area contributed by atoms with E-state index in [1.165, 1.54) is 11.3 Å². The van der Waals surface area contributed by atoms with E-state index in [1.54, 1.807) is 11.8 Å². The molecule has 0 fully saturated rings. The number of thioether (sulfide) groups is 1. The monoisotopic (exact) mass is 229 g/mol. The summed E-state index contributed by atoms with van der Waals surface area (Å²) in [5.41, 5.74) is 6.20. The van der Waals surface area contributed by atoms with E-state index in [9.17, 15) is 0 Å². The molecule has 0 aliphatic rings. The molecule has 77 valence electrons. The highest BCUT2D eigenvalue weighted by Gasteiger charge is 2.11. The van der Waals surface area contributed by atoms with Crippen LogP contribution in [0.2, 0.25) is 0 Å². The van der Waals surface area contributed by atoms with Gasteiger partial charge in [-0.25, -0.2) is 4.98 Å². The lowest BCUT2D eigenvalue weighted by Gasteiger charge is -2.07. The average Bonchev–Trinajstić information content (AvgIpc) is 2.54. The van der Waals surface area contributed by atoms with Crippen molar-refractivity contribution in [2.45, 2.75) is 11.7 Å². The van der Waals surface area contributed by atoms with Gasteiger partial charge in [-0.05, 0) is 12.7 Å². The quantitative estimate of drug-likeness (QED) is 0.546. The first-order valence-electron chi connectivity index (χ1n) is 4.06. The minimum Gasteiger partial charge on any atom is -0.370 e. The van der Waals surface area contributed by atoms with Crippen molar-refractivity contribution in [3.63, 3.8) is 0 Å². The van der Waals surface area contributed by atoms with E-state index in [-0.39, 0.29) is 5.96 Å². The summed E-state index contributed by atoms with van der Waals surface area (Å²) in [4.78, 5) is 4.32. The van der Waals surface area contributed by atoms with Crippen LogP contribution in [0.3, 0.4) is 0 Å². The highest BCUT2D eigenvalue weighted by atomic mass is 32.2. The molecule has 1 aromatic rings. The van der Waals surface area contributed by atoms with Crippen molar-refractivity contribution in [3.05, 3.63) is 18.0 Å². The number of anilines is 1. The minimum absolute atomic E-state index is 0.0822. The fourth-order valence-corrected chi connectivity index (χ4v) is 2.45. The van der Waals surface area contributed by atoms with Crippen LogP contribution in [0.1, 0.15) is 17.4 Å². The van der Waals surface area contributed by atoms with Gasteiger partial charge in [-0.2, -0.15) is 11.8 Å². The number of nitrogens with zero attached hydrogens (tertiary/aromatic N) is 1. The molecule has 1 rings (SSSR count). The Kier molecular flexibility index (Phi) is 4.21. The van der Waals surface area contributed by atoms with E-state index in [4.69, 9.17) is 11.1 Å². The van der Waals surface area contributed by atoms with E-state index >= 15 is 0 Å². The molecule has 14 heavy (non-hydrogen) atoms. The molecule has 1 aromatic heterocycles. The minimum atomic E-state index is -0.0822. The molecule has 4 N–H and O–H groups in total. The summed E-state index contributed by atoms with van der Waals surface area (Å²) >= 11 is 3.18. The molecule has 6 heteroatoms. The fraction of sp³-hybridized carbons (Fsp3) is 0.375. The lowest BCUT2D eigenvalue weighted by Crippen LogP contribution is -2.20. The lowest BCUT2D eigenvalue weighted by atomic mass is 10.3. The highest BCUT2D eigenvalue weighted by molar-refractivity contribution is 7.98. The average molecular weight is 229 g/mol. The number of hydrogen-bond donors (Lipinski definition) is 3. The van der Waals surface area contributed by atoms with Gasteiger partial charge in [-0.15, -0.1) is 11.3 Å². The zero-order valence-electron chi connectivity index (χ0n) is 7.91. The molecule has 0 saturated carbocycles.